The summed E-state index contributed by atoms with van der Waals surface area (Å²) in [5, 5.41) is 1.02. The molecule has 0 spiro atoms. The first-order valence-electron chi connectivity index (χ1n) is 19.5. The topological polar surface area (TPSA) is 51.1 Å². The number of aromatic nitrogens is 1. The largest absolute Gasteiger partial charge is 0.374 e. The molecular weight excluding hydrogens is 707 g/mol. The van der Waals surface area contributed by atoms with Crippen LogP contribution in [0.2, 0.25) is 0 Å². The fraction of sp³-hybridized carbons (Fsp3) is 0.216. The molecule has 286 valence electrons. The number of nitrogens with zero attached hydrogens (tertiary/aromatic N) is 1. The van der Waals surface area contributed by atoms with E-state index in [1.165, 1.54) is 0 Å². The highest BCUT2D eigenvalue weighted by Crippen LogP contribution is 2.46. The highest BCUT2D eigenvalue weighted by atomic mass is 16.6. The minimum Gasteiger partial charge on any atom is -0.374 e. The van der Waals surface area contributed by atoms with E-state index in [2.05, 4.69) is 102 Å². The standard InChI is InChI=1S/C51H47NO5/c1-52-33-45(44-29-17-18-30-46(44)52)51(32-31-39-19-7-2-8-20-39)50(56-37-43-27-15-6-16-28-43)49(55-36-42-25-13-5-14-26-42)48(54-35-41-23-11-4-12-24-41)47(57-51)38-53-34-40-21-9-3-10-22-40/h2-30,33,47-50H,34-38H2,1H3/t47-,48+,49+,50-,51-/m1/s1. The van der Waals surface area contributed by atoms with Crippen LogP contribution in [0, 0.1) is 11.8 Å². The molecule has 1 aliphatic rings. The fourth-order valence-electron chi connectivity index (χ4n) is 7.58. The third kappa shape index (κ3) is 9.11. The highest BCUT2D eigenvalue weighted by molar-refractivity contribution is 5.85. The third-order valence-electron chi connectivity index (χ3n) is 10.4. The van der Waals surface area contributed by atoms with Crippen LogP contribution in [0.4, 0.5) is 0 Å². The first-order valence-corrected chi connectivity index (χ1v) is 19.5. The van der Waals surface area contributed by atoms with Crippen LogP contribution in [0.3, 0.4) is 0 Å². The molecule has 1 fully saturated rings. The molecule has 0 amide bonds. The summed E-state index contributed by atoms with van der Waals surface area (Å²) < 4.78 is 37.6. The van der Waals surface area contributed by atoms with Crippen LogP contribution in [0.5, 0.6) is 0 Å². The summed E-state index contributed by atoms with van der Waals surface area (Å²) >= 11 is 0. The average molecular weight is 754 g/mol. The van der Waals surface area contributed by atoms with Gasteiger partial charge in [0.15, 0.2) is 5.60 Å². The van der Waals surface area contributed by atoms with Gasteiger partial charge in [-0.3, -0.25) is 0 Å². The van der Waals surface area contributed by atoms with Crippen molar-refractivity contribution in [1.29, 1.82) is 0 Å². The molecule has 1 aromatic heterocycles. The summed E-state index contributed by atoms with van der Waals surface area (Å²) in [7, 11) is 2.06. The first-order chi connectivity index (χ1) is 28.2. The maximum atomic E-state index is 7.58. The molecule has 0 bridgehead atoms. The molecule has 6 heteroatoms. The van der Waals surface area contributed by atoms with E-state index in [0.717, 1.165) is 44.3 Å². The predicted molar refractivity (Wildman–Crippen MR) is 224 cm³/mol. The van der Waals surface area contributed by atoms with Gasteiger partial charge in [-0.05, 0) is 40.5 Å². The third-order valence-corrected chi connectivity index (χ3v) is 10.4. The molecule has 0 saturated carbocycles. The molecule has 2 heterocycles. The smallest absolute Gasteiger partial charge is 0.185 e. The summed E-state index contributed by atoms with van der Waals surface area (Å²) in [5.74, 6) is 7.24. The van der Waals surface area contributed by atoms with Crippen LogP contribution in [0.25, 0.3) is 10.9 Å². The van der Waals surface area contributed by atoms with Crippen molar-refractivity contribution in [2.24, 2.45) is 7.05 Å². The molecule has 8 rings (SSSR count). The van der Waals surface area contributed by atoms with Gasteiger partial charge in [-0.1, -0.05) is 170 Å². The SMILES string of the molecule is Cn1cc([C@@]2(C#Cc3ccccc3)O[C@H](COCc3ccccc3)[C@H](OCc3ccccc3)[C@H](OCc3ccccc3)[C@H]2OCc2ccccc2)c2ccccc21. The van der Waals surface area contributed by atoms with E-state index in [9.17, 15) is 0 Å². The Morgan fingerprint density at radius 3 is 1.60 bits per heavy atom. The van der Waals surface area contributed by atoms with Gasteiger partial charge >= 0.3 is 0 Å². The number of rotatable bonds is 14. The zero-order valence-electron chi connectivity index (χ0n) is 32.2. The van der Waals surface area contributed by atoms with Crippen molar-refractivity contribution < 1.29 is 23.7 Å². The van der Waals surface area contributed by atoms with Crippen molar-refractivity contribution >= 4 is 10.9 Å². The lowest BCUT2D eigenvalue weighted by molar-refractivity contribution is -0.296. The number of aryl methyl sites for hydroxylation is 1. The lowest BCUT2D eigenvalue weighted by atomic mass is 9.79. The van der Waals surface area contributed by atoms with Gasteiger partial charge in [0.05, 0.1) is 33.0 Å². The van der Waals surface area contributed by atoms with Gasteiger partial charge < -0.3 is 28.3 Å². The Hall–Kier alpha value is -5.78. The second-order valence-electron chi connectivity index (χ2n) is 14.4. The van der Waals surface area contributed by atoms with Crippen LogP contribution in [-0.2, 0) is 62.8 Å². The molecule has 0 radical (unpaired) electrons. The van der Waals surface area contributed by atoms with Gasteiger partial charge in [-0.25, -0.2) is 0 Å². The lowest BCUT2D eigenvalue weighted by Crippen LogP contribution is -2.65. The monoisotopic (exact) mass is 753 g/mol. The number of ether oxygens (including phenoxy) is 5. The highest BCUT2D eigenvalue weighted by Gasteiger charge is 2.58. The van der Waals surface area contributed by atoms with E-state index in [4.69, 9.17) is 23.7 Å². The van der Waals surface area contributed by atoms with Gasteiger partial charge in [0, 0.05) is 35.3 Å². The van der Waals surface area contributed by atoms with Crippen LogP contribution in [0.15, 0.2) is 182 Å². The van der Waals surface area contributed by atoms with E-state index in [1.54, 1.807) is 0 Å². The Morgan fingerprint density at radius 2 is 1.02 bits per heavy atom. The quantitative estimate of drug-likeness (QED) is 0.104. The molecule has 0 unspecified atom stereocenters. The Kier molecular flexibility index (Phi) is 12.3. The van der Waals surface area contributed by atoms with Gasteiger partial charge in [0.2, 0.25) is 0 Å². The van der Waals surface area contributed by atoms with Crippen LogP contribution < -0.4 is 0 Å². The zero-order valence-corrected chi connectivity index (χ0v) is 32.2. The number of benzene rings is 6. The second-order valence-corrected chi connectivity index (χ2v) is 14.4. The van der Waals surface area contributed by atoms with E-state index >= 15 is 0 Å². The molecule has 6 aromatic carbocycles. The maximum Gasteiger partial charge on any atom is 0.185 e. The molecule has 0 aliphatic carbocycles. The van der Waals surface area contributed by atoms with Crippen molar-refractivity contribution in [3.63, 3.8) is 0 Å². The molecular formula is C51H47NO5. The summed E-state index contributed by atoms with van der Waals surface area (Å²) in [4.78, 5) is 0. The Balaban J connectivity index is 1.30. The fourth-order valence-corrected chi connectivity index (χ4v) is 7.58. The first kappa shape index (κ1) is 38.1. The van der Waals surface area contributed by atoms with E-state index in [0.29, 0.717) is 26.4 Å². The number of fused-ring (bicyclic) bond motifs is 1. The molecule has 7 aromatic rings. The number of hydrogen-bond acceptors (Lipinski definition) is 5. The minimum absolute atomic E-state index is 0.227. The molecule has 6 nitrogen and oxygen atoms in total. The lowest BCUT2D eigenvalue weighted by Gasteiger charge is -2.51. The number of hydrogen-bond donors (Lipinski definition) is 0. The summed E-state index contributed by atoms with van der Waals surface area (Å²) in [5.41, 5.74) is 5.65. The van der Waals surface area contributed by atoms with Crippen LogP contribution in [-0.4, -0.2) is 35.6 Å². The Morgan fingerprint density at radius 1 is 0.544 bits per heavy atom. The minimum atomic E-state index is -1.33. The molecule has 0 N–H and O–H groups in total. The molecule has 1 saturated heterocycles. The van der Waals surface area contributed by atoms with E-state index in [-0.39, 0.29) is 6.61 Å². The maximum absolute atomic E-state index is 7.58. The normalized spacial score (nSPS) is 20.5. The van der Waals surface area contributed by atoms with Crippen molar-refractivity contribution in [3.8, 4) is 11.8 Å². The van der Waals surface area contributed by atoms with Gasteiger partial charge in [0.1, 0.15) is 24.4 Å². The molecule has 57 heavy (non-hydrogen) atoms. The summed E-state index contributed by atoms with van der Waals surface area (Å²) in [6, 6.07) is 59.2. The Bertz CT molecular complexity index is 2360. The van der Waals surface area contributed by atoms with Crippen molar-refractivity contribution in [2.75, 3.05) is 6.61 Å². The van der Waals surface area contributed by atoms with Crippen molar-refractivity contribution in [3.05, 3.63) is 216 Å². The van der Waals surface area contributed by atoms with E-state index < -0.39 is 30.0 Å². The summed E-state index contributed by atoms with van der Waals surface area (Å²) in [6.45, 7) is 1.62. The van der Waals surface area contributed by atoms with Crippen molar-refractivity contribution in [1.82, 2.24) is 4.57 Å². The zero-order chi connectivity index (χ0) is 38.7. The molecule has 1 aliphatic heterocycles. The predicted octanol–water partition coefficient (Wildman–Crippen LogP) is 9.80. The van der Waals surface area contributed by atoms with Crippen LogP contribution >= 0.6 is 0 Å². The van der Waals surface area contributed by atoms with E-state index in [1.807, 2.05) is 103 Å². The molecule has 5 atom stereocenters. The van der Waals surface area contributed by atoms with Gasteiger partial charge in [-0.2, -0.15) is 0 Å². The van der Waals surface area contributed by atoms with Crippen LogP contribution in [0.1, 0.15) is 33.4 Å². The van der Waals surface area contributed by atoms with Crippen molar-refractivity contribution in [2.45, 2.75) is 56.4 Å². The van der Waals surface area contributed by atoms with Gasteiger partial charge in [0.25, 0.3) is 0 Å². The Labute approximate surface area is 335 Å². The summed E-state index contributed by atoms with van der Waals surface area (Å²) in [6.07, 6.45) is -0.494. The second kappa shape index (κ2) is 18.4. The average Bonchev–Trinajstić information content (AvgIpc) is 3.62. The van der Waals surface area contributed by atoms with Gasteiger partial charge in [-0.15, -0.1) is 0 Å². The number of para-hydroxylation sites is 1.